The molecule has 1 amide bonds. The summed E-state index contributed by atoms with van der Waals surface area (Å²) in [6.45, 7) is 3.17. The SMILES string of the molecule is O=C(c1cc2n(n1)[C@@H](C(F)(F)F)C[C@H](c1ccc(Cl)cc1)N2)N1CCN(Cc2ccccc2)CC1. The van der Waals surface area contributed by atoms with Gasteiger partial charge in [0, 0.05) is 50.2 Å². The predicted octanol–water partition coefficient (Wildman–Crippen LogP) is 5.15. The minimum atomic E-state index is -4.50. The summed E-state index contributed by atoms with van der Waals surface area (Å²) < 4.78 is 42.8. The van der Waals surface area contributed by atoms with Gasteiger partial charge in [-0.3, -0.25) is 9.69 Å². The quantitative estimate of drug-likeness (QED) is 0.534. The number of aromatic nitrogens is 2. The number of carbonyl (C=O) groups is 1. The van der Waals surface area contributed by atoms with Crippen LogP contribution in [0.2, 0.25) is 5.02 Å². The Morgan fingerprint density at radius 2 is 1.71 bits per heavy atom. The van der Waals surface area contributed by atoms with Crippen molar-refractivity contribution in [3.05, 3.63) is 82.5 Å². The number of fused-ring (bicyclic) bond motifs is 1. The normalized spacial score (nSPS) is 20.9. The van der Waals surface area contributed by atoms with E-state index in [4.69, 9.17) is 11.6 Å². The number of nitrogens with one attached hydrogen (secondary N) is 1. The van der Waals surface area contributed by atoms with Crippen LogP contribution in [0.4, 0.5) is 19.0 Å². The highest BCUT2D eigenvalue weighted by Crippen LogP contribution is 2.43. The summed E-state index contributed by atoms with van der Waals surface area (Å²) >= 11 is 5.93. The standard InChI is InChI=1S/C25H25ClF3N5O/c26-19-8-6-18(7-9-19)20-14-22(25(27,28)29)34-23(30-20)15-21(31-34)24(35)33-12-10-32(11-13-33)16-17-4-2-1-3-5-17/h1-9,15,20,22,30H,10-14,16H2/t20-,22-/m1/s1. The van der Waals surface area contributed by atoms with Crippen molar-refractivity contribution in [1.29, 1.82) is 0 Å². The Morgan fingerprint density at radius 1 is 1.03 bits per heavy atom. The average Bonchev–Trinajstić information content (AvgIpc) is 3.28. The number of anilines is 1. The summed E-state index contributed by atoms with van der Waals surface area (Å²) in [5.41, 5.74) is 1.92. The van der Waals surface area contributed by atoms with Gasteiger partial charge in [-0.25, -0.2) is 4.68 Å². The number of rotatable bonds is 4. The van der Waals surface area contributed by atoms with Crippen LogP contribution < -0.4 is 5.32 Å². The molecular formula is C25H25ClF3N5O. The monoisotopic (exact) mass is 503 g/mol. The third-order valence-electron chi connectivity index (χ3n) is 6.59. The number of alkyl halides is 3. The Morgan fingerprint density at radius 3 is 2.37 bits per heavy atom. The van der Waals surface area contributed by atoms with Crippen molar-refractivity contribution in [2.24, 2.45) is 0 Å². The van der Waals surface area contributed by atoms with E-state index < -0.39 is 18.3 Å². The fourth-order valence-corrected chi connectivity index (χ4v) is 4.83. The first-order chi connectivity index (χ1) is 16.8. The molecule has 2 aromatic carbocycles. The van der Waals surface area contributed by atoms with Gasteiger partial charge in [0.2, 0.25) is 0 Å². The molecule has 1 fully saturated rings. The molecule has 35 heavy (non-hydrogen) atoms. The number of nitrogens with zero attached hydrogens (tertiary/aromatic N) is 4. The minimum absolute atomic E-state index is 0.0232. The highest BCUT2D eigenvalue weighted by atomic mass is 35.5. The van der Waals surface area contributed by atoms with Crippen molar-refractivity contribution in [2.45, 2.75) is 31.2 Å². The van der Waals surface area contributed by atoms with Crippen molar-refractivity contribution in [3.8, 4) is 0 Å². The molecule has 3 aromatic rings. The Kier molecular flexibility index (Phi) is 6.46. The first-order valence-corrected chi connectivity index (χ1v) is 11.9. The van der Waals surface area contributed by atoms with Crippen molar-refractivity contribution in [3.63, 3.8) is 0 Å². The number of carbonyl (C=O) groups excluding carboxylic acids is 1. The van der Waals surface area contributed by atoms with E-state index in [2.05, 4.69) is 27.4 Å². The largest absolute Gasteiger partial charge is 0.410 e. The van der Waals surface area contributed by atoms with Crippen LogP contribution in [0.5, 0.6) is 0 Å². The van der Waals surface area contributed by atoms with Gasteiger partial charge in [0.15, 0.2) is 11.7 Å². The van der Waals surface area contributed by atoms with Gasteiger partial charge >= 0.3 is 6.18 Å². The maximum absolute atomic E-state index is 13.9. The molecule has 2 atom stereocenters. The van der Waals surface area contributed by atoms with Gasteiger partial charge in [-0.05, 0) is 23.3 Å². The Hall–Kier alpha value is -3.04. The van der Waals surface area contributed by atoms with Gasteiger partial charge in [-0.2, -0.15) is 18.3 Å². The summed E-state index contributed by atoms with van der Waals surface area (Å²) in [6.07, 6.45) is -4.73. The van der Waals surface area contributed by atoms with Gasteiger partial charge < -0.3 is 10.2 Å². The maximum Gasteiger partial charge on any atom is 0.410 e. The Balaban J connectivity index is 1.30. The second-order valence-corrected chi connectivity index (χ2v) is 9.39. The van der Waals surface area contributed by atoms with Crippen molar-refractivity contribution < 1.29 is 18.0 Å². The number of halogens is 4. The number of piperazine rings is 1. The molecule has 3 heterocycles. The van der Waals surface area contributed by atoms with Crippen LogP contribution in [-0.4, -0.2) is 57.8 Å². The molecule has 6 nitrogen and oxygen atoms in total. The molecule has 0 spiro atoms. The molecule has 184 valence electrons. The molecule has 1 N–H and O–H groups in total. The molecule has 1 saturated heterocycles. The van der Waals surface area contributed by atoms with Gasteiger partial charge in [0.1, 0.15) is 5.82 Å². The Bertz CT molecular complexity index is 1170. The van der Waals surface area contributed by atoms with Crippen LogP contribution in [0.3, 0.4) is 0 Å². The number of amides is 1. The van der Waals surface area contributed by atoms with E-state index in [1.54, 1.807) is 29.2 Å². The fraction of sp³-hybridized carbons (Fsp3) is 0.360. The minimum Gasteiger partial charge on any atom is -0.363 e. The van der Waals surface area contributed by atoms with E-state index in [9.17, 15) is 18.0 Å². The maximum atomic E-state index is 13.9. The van der Waals surface area contributed by atoms with Crippen LogP contribution in [0, 0.1) is 0 Å². The van der Waals surface area contributed by atoms with E-state index in [-0.39, 0.29) is 23.8 Å². The first-order valence-electron chi connectivity index (χ1n) is 11.5. The lowest BCUT2D eigenvalue weighted by Crippen LogP contribution is -2.48. The van der Waals surface area contributed by atoms with Crippen LogP contribution >= 0.6 is 11.6 Å². The summed E-state index contributed by atoms with van der Waals surface area (Å²) in [4.78, 5) is 17.1. The molecule has 0 saturated carbocycles. The number of hydrogen-bond acceptors (Lipinski definition) is 4. The molecule has 5 rings (SSSR count). The van der Waals surface area contributed by atoms with Gasteiger partial charge in [0.25, 0.3) is 5.91 Å². The van der Waals surface area contributed by atoms with E-state index in [1.807, 2.05) is 18.2 Å². The highest BCUT2D eigenvalue weighted by Gasteiger charge is 2.47. The zero-order valence-corrected chi connectivity index (χ0v) is 19.6. The molecule has 10 heteroatoms. The smallest absolute Gasteiger partial charge is 0.363 e. The molecule has 0 radical (unpaired) electrons. The summed E-state index contributed by atoms with van der Waals surface area (Å²) in [5.74, 6) is -0.165. The zero-order chi connectivity index (χ0) is 24.6. The van der Waals surface area contributed by atoms with Crippen LogP contribution in [0.15, 0.2) is 60.7 Å². The Labute approximate surface area is 206 Å². The topological polar surface area (TPSA) is 53.4 Å². The summed E-state index contributed by atoms with van der Waals surface area (Å²) in [5, 5.41) is 7.75. The highest BCUT2D eigenvalue weighted by molar-refractivity contribution is 6.30. The fourth-order valence-electron chi connectivity index (χ4n) is 4.70. The van der Waals surface area contributed by atoms with Gasteiger partial charge in [0.05, 0.1) is 6.04 Å². The summed E-state index contributed by atoms with van der Waals surface area (Å²) in [7, 11) is 0. The molecule has 0 aliphatic carbocycles. The van der Waals surface area contributed by atoms with Crippen LogP contribution in [0.1, 0.15) is 40.1 Å². The lowest BCUT2D eigenvalue weighted by Gasteiger charge is -2.34. The zero-order valence-electron chi connectivity index (χ0n) is 18.9. The lowest BCUT2D eigenvalue weighted by molar-refractivity contribution is -0.173. The average molecular weight is 504 g/mol. The van der Waals surface area contributed by atoms with Crippen molar-refractivity contribution in [2.75, 3.05) is 31.5 Å². The molecule has 0 unspecified atom stereocenters. The molecular weight excluding hydrogens is 479 g/mol. The van der Waals surface area contributed by atoms with E-state index in [0.717, 1.165) is 11.2 Å². The molecule has 1 aromatic heterocycles. The summed E-state index contributed by atoms with van der Waals surface area (Å²) in [6, 6.07) is 15.8. The molecule has 0 bridgehead atoms. The lowest BCUT2D eigenvalue weighted by atomic mass is 9.97. The van der Waals surface area contributed by atoms with Gasteiger partial charge in [-0.15, -0.1) is 0 Å². The number of hydrogen-bond donors (Lipinski definition) is 1. The van der Waals surface area contributed by atoms with Crippen LogP contribution in [-0.2, 0) is 6.54 Å². The van der Waals surface area contributed by atoms with E-state index in [0.29, 0.717) is 36.8 Å². The second kappa shape index (κ2) is 9.54. The van der Waals surface area contributed by atoms with Crippen molar-refractivity contribution >= 4 is 23.3 Å². The van der Waals surface area contributed by atoms with E-state index in [1.165, 1.54) is 11.6 Å². The third kappa shape index (κ3) is 5.16. The van der Waals surface area contributed by atoms with Gasteiger partial charge in [-0.1, -0.05) is 54.1 Å². The van der Waals surface area contributed by atoms with Crippen LogP contribution in [0.25, 0.3) is 0 Å². The predicted molar refractivity (Wildman–Crippen MR) is 127 cm³/mol. The third-order valence-corrected chi connectivity index (χ3v) is 6.84. The van der Waals surface area contributed by atoms with E-state index >= 15 is 0 Å². The van der Waals surface area contributed by atoms with Crippen molar-refractivity contribution in [1.82, 2.24) is 19.6 Å². The first kappa shape index (κ1) is 23.7. The number of benzene rings is 2. The molecule has 2 aliphatic heterocycles. The molecule has 2 aliphatic rings. The second-order valence-electron chi connectivity index (χ2n) is 8.95.